The summed E-state index contributed by atoms with van der Waals surface area (Å²) in [4.78, 5) is 26.5. The summed E-state index contributed by atoms with van der Waals surface area (Å²) in [5, 5.41) is 2.61. The summed E-state index contributed by atoms with van der Waals surface area (Å²) >= 11 is 0. The van der Waals surface area contributed by atoms with E-state index in [0.29, 0.717) is 22.7 Å². The molecule has 1 heterocycles. The van der Waals surface area contributed by atoms with E-state index in [2.05, 4.69) is 10.3 Å². The first-order valence-corrected chi connectivity index (χ1v) is 8.10. The summed E-state index contributed by atoms with van der Waals surface area (Å²) in [5.74, 6) is 0.913. The van der Waals surface area contributed by atoms with Gasteiger partial charge in [0.15, 0.2) is 0 Å². The second-order valence-electron chi connectivity index (χ2n) is 5.64. The molecule has 3 aromatic rings. The molecular weight excluding hydrogens is 351 g/mol. The summed E-state index contributed by atoms with van der Waals surface area (Å²) in [5.41, 5.74) is 0.471. The molecule has 6 nitrogen and oxygen atoms in total. The van der Waals surface area contributed by atoms with Gasteiger partial charge in [0.2, 0.25) is 5.56 Å². The number of carbonyl (C=O) groups excluding carboxylic acids is 1. The molecule has 0 fully saturated rings. The molecule has 2 N–H and O–H groups in total. The quantitative estimate of drug-likeness (QED) is 0.692. The SMILES string of the molecule is COc1ccc(Oc2ccc(CF)cc2C(=O)Nc2cc[nH]c(=O)c2)cc1. The number of anilines is 1. The largest absolute Gasteiger partial charge is 0.497 e. The van der Waals surface area contributed by atoms with Gasteiger partial charge in [0.05, 0.1) is 12.7 Å². The van der Waals surface area contributed by atoms with Crippen LogP contribution >= 0.6 is 0 Å². The number of rotatable bonds is 6. The van der Waals surface area contributed by atoms with Gasteiger partial charge in [0.1, 0.15) is 23.9 Å². The highest BCUT2D eigenvalue weighted by molar-refractivity contribution is 6.06. The zero-order valence-corrected chi connectivity index (χ0v) is 14.5. The van der Waals surface area contributed by atoms with Crippen molar-refractivity contribution in [3.63, 3.8) is 0 Å². The number of H-pyrrole nitrogens is 1. The van der Waals surface area contributed by atoms with Gasteiger partial charge in [-0.15, -0.1) is 0 Å². The first-order chi connectivity index (χ1) is 13.1. The number of halogens is 1. The minimum atomic E-state index is -0.714. The predicted molar refractivity (Wildman–Crippen MR) is 99.3 cm³/mol. The molecule has 0 unspecified atom stereocenters. The van der Waals surface area contributed by atoms with E-state index in [4.69, 9.17) is 9.47 Å². The number of amides is 1. The topological polar surface area (TPSA) is 80.4 Å². The van der Waals surface area contributed by atoms with Crippen molar-refractivity contribution in [2.24, 2.45) is 0 Å². The summed E-state index contributed by atoms with van der Waals surface area (Å²) in [7, 11) is 1.56. The molecule has 0 spiro atoms. The smallest absolute Gasteiger partial charge is 0.259 e. The van der Waals surface area contributed by atoms with E-state index in [1.54, 1.807) is 43.5 Å². The molecule has 7 heteroatoms. The third kappa shape index (κ3) is 4.52. The Hall–Kier alpha value is -3.61. The number of carbonyl (C=O) groups is 1. The van der Waals surface area contributed by atoms with Crippen molar-refractivity contribution in [3.05, 3.63) is 82.3 Å². The van der Waals surface area contributed by atoms with E-state index in [1.165, 1.54) is 24.4 Å². The Morgan fingerprint density at radius 2 is 1.81 bits per heavy atom. The first-order valence-electron chi connectivity index (χ1n) is 8.10. The van der Waals surface area contributed by atoms with Gasteiger partial charge in [0, 0.05) is 18.0 Å². The highest BCUT2D eigenvalue weighted by atomic mass is 19.1. The van der Waals surface area contributed by atoms with Crippen LogP contribution in [0.15, 0.2) is 65.6 Å². The molecule has 0 atom stereocenters. The number of nitrogens with one attached hydrogen (secondary N) is 2. The molecule has 138 valence electrons. The van der Waals surface area contributed by atoms with Crippen molar-refractivity contribution in [1.82, 2.24) is 4.98 Å². The lowest BCUT2D eigenvalue weighted by atomic mass is 10.1. The Morgan fingerprint density at radius 3 is 2.48 bits per heavy atom. The zero-order valence-electron chi connectivity index (χ0n) is 14.5. The molecule has 0 aliphatic heterocycles. The number of ether oxygens (including phenoxy) is 2. The molecule has 0 aliphatic rings. The number of methoxy groups -OCH3 is 1. The average molecular weight is 368 g/mol. The Labute approximate surface area is 154 Å². The maximum absolute atomic E-state index is 13.1. The maximum Gasteiger partial charge on any atom is 0.259 e. The van der Waals surface area contributed by atoms with Gasteiger partial charge in [-0.3, -0.25) is 9.59 Å². The number of hydrogen-bond donors (Lipinski definition) is 2. The van der Waals surface area contributed by atoms with Crippen LogP contribution in [-0.2, 0) is 6.67 Å². The summed E-state index contributed by atoms with van der Waals surface area (Å²) < 4.78 is 23.9. The molecule has 0 radical (unpaired) electrons. The van der Waals surface area contributed by atoms with Crippen LogP contribution in [0.4, 0.5) is 10.1 Å². The van der Waals surface area contributed by atoms with Crippen molar-refractivity contribution in [3.8, 4) is 17.2 Å². The minimum Gasteiger partial charge on any atom is -0.497 e. The van der Waals surface area contributed by atoms with Crippen LogP contribution < -0.4 is 20.3 Å². The van der Waals surface area contributed by atoms with E-state index >= 15 is 0 Å². The number of alkyl halides is 1. The lowest BCUT2D eigenvalue weighted by Gasteiger charge is -2.13. The Kier molecular flexibility index (Phi) is 5.51. The minimum absolute atomic E-state index is 0.154. The standard InChI is InChI=1S/C20H17FN2O4/c1-26-15-3-5-16(6-4-15)27-18-7-2-13(12-21)10-17(18)20(25)23-14-8-9-22-19(24)11-14/h2-11H,12H2,1H3,(H2,22,23,24,25). The highest BCUT2D eigenvalue weighted by Crippen LogP contribution is 2.28. The molecule has 0 saturated heterocycles. The van der Waals surface area contributed by atoms with Crippen LogP contribution in [0.25, 0.3) is 0 Å². The van der Waals surface area contributed by atoms with Crippen molar-refractivity contribution in [2.45, 2.75) is 6.67 Å². The van der Waals surface area contributed by atoms with Gasteiger partial charge >= 0.3 is 0 Å². The van der Waals surface area contributed by atoms with E-state index in [1.807, 2.05) is 0 Å². The third-order valence-electron chi connectivity index (χ3n) is 3.76. The zero-order chi connectivity index (χ0) is 19.2. The molecule has 2 aromatic carbocycles. The van der Waals surface area contributed by atoms with Gasteiger partial charge < -0.3 is 19.8 Å². The molecule has 1 amide bonds. The van der Waals surface area contributed by atoms with Gasteiger partial charge in [-0.05, 0) is 48.0 Å². The molecule has 0 aliphatic carbocycles. The Morgan fingerprint density at radius 1 is 1.07 bits per heavy atom. The summed E-state index contributed by atoms with van der Waals surface area (Å²) in [6, 6.07) is 14.1. The number of aromatic nitrogens is 1. The normalized spacial score (nSPS) is 10.3. The van der Waals surface area contributed by atoms with Crippen LogP contribution in [0.5, 0.6) is 17.2 Å². The van der Waals surface area contributed by atoms with Crippen LogP contribution in [-0.4, -0.2) is 18.0 Å². The van der Waals surface area contributed by atoms with Gasteiger partial charge in [-0.25, -0.2) is 4.39 Å². The van der Waals surface area contributed by atoms with Gasteiger partial charge in [-0.2, -0.15) is 0 Å². The molecule has 0 bridgehead atoms. The predicted octanol–water partition coefficient (Wildman–Crippen LogP) is 3.90. The lowest BCUT2D eigenvalue weighted by molar-refractivity contribution is 0.102. The van der Waals surface area contributed by atoms with E-state index in [-0.39, 0.29) is 16.9 Å². The summed E-state index contributed by atoms with van der Waals surface area (Å²) in [6.07, 6.45) is 1.42. The van der Waals surface area contributed by atoms with Crippen LogP contribution in [0.2, 0.25) is 0 Å². The molecule has 0 saturated carbocycles. The van der Waals surface area contributed by atoms with Gasteiger partial charge in [-0.1, -0.05) is 6.07 Å². The van der Waals surface area contributed by atoms with Crippen molar-refractivity contribution >= 4 is 11.6 Å². The van der Waals surface area contributed by atoms with Crippen molar-refractivity contribution < 1.29 is 18.7 Å². The third-order valence-corrected chi connectivity index (χ3v) is 3.76. The van der Waals surface area contributed by atoms with Crippen LogP contribution in [0.1, 0.15) is 15.9 Å². The molecule has 27 heavy (non-hydrogen) atoms. The second kappa shape index (κ2) is 8.18. The number of pyridine rings is 1. The fourth-order valence-corrected chi connectivity index (χ4v) is 2.42. The second-order valence-corrected chi connectivity index (χ2v) is 5.64. The number of benzene rings is 2. The molecule has 3 rings (SSSR count). The first kappa shape index (κ1) is 18.2. The maximum atomic E-state index is 13.1. The molecule has 1 aromatic heterocycles. The Balaban J connectivity index is 1.89. The lowest BCUT2D eigenvalue weighted by Crippen LogP contribution is -2.15. The van der Waals surface area contributed by atoms with Crippen LogP contribution in [0, 0.1) is 0 Å². The van der Waals surface area contributed by atoms with Crippen molar-refractivity contribution in [2.75, 3.05) is 12.4 Å². The number of hydrogen-bond acceptors (Lipinski definition) is 4. The summed E-state index contributed by atoms with van der Waals surface area (Å²) in [6.45, 7) is -0.714. The average Bonchev–Trinajstić information content (AvgIpc) is 2.69. The molecular formula is C20H17FN2O4. The Bertz CT molecular complexity index is 999. The number of aromatic amines is 1. The highest BCUT2D eigenvalue weighted by Gasteiger charge is 2.15. The van der Waals surface area contributed by atoms with Crippen LogP contribution in [0.3, 0.4) is 0 Å². The van der Waals surface area contributed by atoms with E-state index in [0.717, 1.165) is 0 Å². The van der Waals surface area contributed by atoms with E-state index < -0.39 is 12.6 Å². The van der Waals surface area contributed by atoms with Crippen molar-refractivity contribution in [1.29, 1.82) is 0 Å². The monoisotopic (exact) mass is 368 g/mol. The van der Waals surface area contributed by atoms with Gasteiger partial charge in [0.25, 0.3) is 5.91 Å². The fraction of sp³-hybridized carbons (Fsp3) is 0.100. The van der Waals surface area contributed by atoms with E-state index in [9.17, 15) is 14.0 Å². The fourth-order valence-electron chi connectivity index (χ4n) is 2.42.